The molecule has 2 aliphatic rings. The van der Waals surface area contributed by atoms with Crippen LogP contribution in [-0.2, 0) is 4.79 Å². The number of aliphatic imine (C=N–C) groups is 1. The van der Waals surface area contributed by atoms with Gasteiger partial charge < -0.3 is 25.8 Å². The molecular weight excluding hydrogens is 459 g/mol. The lowest BCUT2D eigenvalue weighted by Crippen LogP contribution is -2.57. The molecule has 196 valence electrons. The van der Waals surface area contributed by atoms with E-state index in [9.17, 15) is 14.0 Å². The summed E-state index contributed by atoms with van der Waals surface area (Å²) in [7, 11) is 2.03. The summed E-state index contributed by atoms with van der Waals surface area (Å²) >= 11 is 0. The highest BCUT2D eigenvalue weighted by Gasteiger charge is 2.51. The number of likely N-dealkylation sites (N-methyl/N-ethyl adjacent to an activating group) is 1. The highest BCUT2D eigenvalue weighted by atomic mass is 19.1. The molecule has 1 heterocycles. The van der Waals surface area contributed by atoms with Crippen molar-refractivity contribution in [3.05, 3.63) is 60.1 Å². The standard InChI is InChI=1S/C27H39FN6O2/c1-5-6-11-30-20(2)23-18-27(23,3)31-13-12-29-19-24(26(36)34-16-14-33(4)15-17-34)32-25(35)21-7-9-22(28)10-8-21/h5-11,23-24,29,31H,2,12-19H2,1,3-4H3,(H,32,35)/b6-5-,30-11-/t23-,24-,27?/m0/s1. The summed E-state index contributed by atoms with van der Waals surface area (Å²) in [5.74, 6) is -0.609. The molecule has 0 radical (unpaired) electrons. The van der Waals surface area contributed by atoms with Gasteiger partial charge in [0.05, 0.1) is 0 Å². The smallest absolute Gasteiger partial charge is 0.251 e. The summed E-state index contributed by atoms with van der Waals surface area (Å²) in [5, 5.41) is 9.71. The minimum atomic E-state index is -0.712. The van der Waals surface area contributed by atoms with Crippen LogP contribution in [0.4, 0.5) is 4.39 Å². The number of piperazine rings is 1. The van der Waals surface area contributed by atoms with Crippen LogP contribution < -0.4 is 16.0 Å². The van der Waals surface area contributed by atoms with E-state index in [1.54, 1.807) is 11.1 Å². The second-order valence-corrected chi connectivity index (χ2v) is 9.76. The third kappa shape index (κ3) is 7.81. The molecule has 3 N–H and O–H groups in total. The summed E-state index contributed by atoms with van der Waals surface area (Å²) in [6.07, 6.45) is 6.56. The predicted molar refractivity (Wildman–Crippen MR) is 142 cm³/mol. The van der Waals surface area contributed by atoms with Crippen molar-refractivity contribution in [3.8, 4) is 0 Å². The maximum atomic E-state index is 13.3. The molecule has 1 aromatic rings. The van der Waals surface area contributed by atoms with Gasteiger partial charge in [-0.15, -0.1) is 0 Å². The van der Waals surface area contributed by atoms with Crippen molar-refractivity contribution in [1.29, 1.82) is 0 Å². The zero-order valence-corrected chi connectivity index (χ0v) is 21.6. The summed E-state index contributed by atoms with van der Waals surface area (Å²) in [6, 6.07) is 4.60. The summed E-state index contributed by atoms with van der Waals surface area (Å²) in [4.78, 5) is 34.4. The van der Waals surface area contributed by atoms with Crippen LogP contribution in [0.5, 0.6) is 0 Å². The number of carbonyl (C=O) groups is 2. The Hall–Kier alpha value is -2.88. The van der Waals surface area contributed by atoms with Crippen LogP contribution in [0.25, 0.3) is 0 Å². The van der Waals surface area contributed by atoms with Gasteiger partial charge >= 0.3 is 0 Å². The number of amides is 2. The highest BCUT2D eigenvalue weighted by molar-refractivity contribution is 5.97. The molecular formula is C27H39FN6O2. The summed E-state index contributed by atoms with van der Waals surface area (Å²) in [6.45, 7) is 12.7. The number of hydrogen-bond donors (Lipinski definition) is 3. The number of carbonyl (C=O) groups excluding carboxylic acids is 2. The maximum absolute atomic E-state index is 13.3. The second kappa shape index (κ2) is 12.9. The largest absolute Gasteiger partial charge is 0.339 e. The molecule has 1 aromatic carbocycles. The van der Waals surface area contributed by atoms with Gasteiger partial charge in [0, 0.05) is 74.7 Å². The first-order valence-corrected chi connectivity index (χ1v) is 12.6. The van der Waals surface area contributed by atoms with Crippen LogP contribution in [-0.4, -0.2) is 92.3 Å². The fourth-order valence-electron chi connectivity index (χ4n) is 4.33. The highest BCUT2D eigenvalue weighted by Crippen LogP contribution is 2.47. The van der Waals surface area contributed by atoms with Gasteiger partial charge in [0.25, 0.3) is 5.91 Å². The lowest BCUT2D eigenvalue weighted by molar-refractivity contribution is -0.134. The number of nitrogens with zero attached hydrogens (tertiary/aromatic N) is 3. The first-order chi connectivity index (χ1) is 17.2. The lowest BCUT2D eigenvalue weighted by atomic mass is 10.1. The van der Waals surface area contributed by atoms with Crippen molar-refractivity contribution in [2.24, 2.45) is 10.9 Å². The van der Waals surface area contributed by atoms with Crippen molar-refractivity contribution in [3.63, 3.8) is 0 Å². The second-order valence-electron chi connectivity index (χ2n) is 9.76. The van der Waals surface area contributed by atoms with E-state index in [1.807, 2.05) is 26.1 Å². The van der Waals surface area contributed by atoms with E-state index in [0.29, 0.717) is 44.2 Å². The molecule has 0 bridgehead atoms. The Morgan fingerprint density at radius 2 is 1.92 bits per heavy atom. The first kappa shape index (κ1) is 27.7. The third-order valence-electron chi connectivity index (χ3n) is 6.86. The third-order valence-corrected chi connectivity index (χ3v) is 6.86. The van der Waals surface area contributed by atoms with Gasteiger partial charge in [0.1, 0.15) is 11.9 Å². The molecule has 0 spiro atoms. The normalized spacial score (nSPS) is 23.2. The van der Waals surface area contributed by atoms with Crippen molar-refractivity contribution in [2.75, 3.05) is 52.9 Å². The average Bonchev–Trinajstić information content (AvgIpc) is 3.55. The fourth-order valence-corrected chi connectivity index (χ4v) is 4.33. The molecule has 2 amide bonds. The summed E-state index contributed by atoms with van der Waals surface area (Å²) in [5.41, 5.74) is 1.16. The van der Waals surface area contributed by atoms with Gasteiger partial charge in [0.2, 0.25) is 5.91 Å². The fraction of sp³-hybridized carbons (Fsp3) is 0.519. The quantitative estimate of drug-likeness (QED) is 0.302. The minimum absolute atomic E-state index is 0.0299. The zero-order chi connectivity index (χ0) is 26.1. The number of allylic oxidation sites excluding steroid dienone is 2. The molecule has 36 heavy (non-hydrogen) atoms. The lowest BCUT2D eigenvalue weighted by Gasteiger charge is -2.35. The van der Waals surface area contributed by atoms with Crippen LogP contribution in [0.2, 0.25) is 0 Å². The van der Waals surface area contributed by atoms with Crippen molar-refractivity contribution < 1.29 is 14.0 Å². The number of halogens is 1. The Bertz CT molecular complexity index is 971. The zero-order valence-electron chi connectivity index (χ0n) is 21.6. The molecule has 1 aliphatic carbocycles. The van der Waals surface area contributed by atoms with E-state index in [2.05, 4.69) is 39.3 Å². The van der Waals surface area contributed by atoms with Gasteiger partial charge in [-0.2, -0.15) is 0 Å². The average molecular weight is 499 g/mol. The Morgan fingerprint density at radius 3 is 2.58 bits per heavy atom. The minimum Gasteiger partial charge on any atom is -0.339 e. The molecule has 1 saturated carbocycles. The predicted octanol–water partition coefficient (Wildman–Crippen LogP) is 1.82. The van der Waals surface area contributed by atoms with Crippen LogP contribution >= 0.6 is 0 Å². The SMILES string of the molecule is C=C(/N=C\C=C/C)[C@@H]1CC1(C)NCCNC[C@H](NC(=O)c1ccc(F)cc1)C(=O)N1CCN(C)CC1. The molecule has 1 unspecified atom stereocenters. The van der Waals surface area contributed by atoms with Crippen molar-refractivity contribution in [1.82, 2.24) is 25.8 Å². The first-order valence-electron chi connectivity index (χ1n) is 12.6. The Kier molecular flexibility index (Phi) is 9.92. The molecule has 3 rings (SSSR count). The van der Waals surface area contributed by atoms with Gasteiger partial charge in [-0.1, -0.05) is 12.7 Å². The molecule has 0 aromatic heterocycles. The van der Waals surface area contributed by atoms with Crippen molar-refractivity contribution in [2.45, 2.75) is 31.8 Å². The van der Waals surface area contributed by atoms with Gasteiger partial charge in [-0.05, 0) is 57.7 Å². The van der Waals surface area contributed by atoms with E-state index in [0.717, 1.165) is 25.2 Å². The molecule has 1 saturated heterocycles. The Balaban J connectivity index is 1.50. The molecule has 9 heteroatoms. The van der Waals surface area contributed by atoms with E-state index in [-0.39, 0.29) is 11.4 Å². The molecule has 1 aliphatic heterocycles. The molecule has 2 fully saturated rings. The number of hydrogen-bond acceptors (Lipinski definition) is 6. The topological polar surface area (TPSA) is 89.1 Å². The maximum Gasteiger partial charge on any atom is 0.251 e. The van der Waals surface area contributed by atoms with Crippen LogP contribution in [0.15, 0.2) is 53.7 Å². The number of benzene rings is 1. The van der Waals surface area contributed by atoms with E-state index >= 15 is 0 Å². The van der Waals surface area contributed by atoms with E-state index in [4.69, 9.17) is 0 Å². The van der Waals surface area contributed by atoms with Crippen molar-refractivity contribution >= 4 is 18.0 Å². The van der Waals surface area contributed by atoms with Gasteiger partial charge in [0.15, 0.2) is 0 Å². The van der Waals surface area contributed by atoms with Crippen LogP contribution in [0.3, 0.4) is 0 Å². The molecule has 8 nitrogen and oxygen atoms in total. The van der Waals surface area contributed by atoms with E-state index in [1.165, 1.54) is 24.3 Å². The number of nitrogens with one attached hydrogen (secondary N) is 3. The Morgan fingerprint density at radius 1 is 1.22 bits per heavy atom. The van der Waals surface area contributed by atoms with Gasteiger partial charge in [-0.25, -0.2) is 4.39 Å². The van der Waals surface area contributed by atoms with E-state index < -0.39 is 17.8 Å². The molecule has 3 atom stereocenters. The Labute approximate surface area is 213 Å². The van der Waals surface area contributed by atoms with Crippen LogP contribution in [0, 0.1) is 11.7 Å². The summed E-state index contributed by atoms with van der Waals surface area (Å²) < 4.78 is 13.3. The number of rotatable bonds is 12. The van der Waals surface area contributed by atoms with Crippen LogP contribution in [0.1, 0.15) is 30.6 Å². The van der Waals surface area contributed by atoms with Gasteiger partial charge in [-0.3, -0.25) is 14.6 Å². The monoisotopic (exact) mass is 498 g/mol.